The third-order valence-electron chi connectivity index (χ3n) is 3.58. The SMILES string of the molecule is C=CC(O)C1CCC(CCCC)CC1. The van der Waals surface area contributed by atoms with Crippen molar-refractivity contribution in [1.82, 2.24) is 0 Å². The molecule has 0 aromatic rings. The molecular weight excluding hydrogens is 172 g/mol. The van der Waals surface area contributed by atoms with Gasteiger partial charge < -0.3 is 5.11 Å². The first-order chi connectivity index (χ1) is 6.77. The van der Waals surface area contributed by atoms with Crippen LogP contribution in [0.1, 0.15) is 51.9 Å². The summed E-state index contributed by atoms with van der Waals surface area (Å²) in [4.78, 5) is 0. The molecule has 14 heavy (non-hydrogen) atoms. The lowest BCUT2D eigenvalue weighted by Gasteiger charge is -2.30. The fraction of sp³-hybridized carbons (Fsp3) is 0.846. The first-order valence-electron chi connectivity index (χ1n) is 6.08. The second-order valence-electron chi connectivity index (χ2n) is 4.65. The fourth-order valence-corrected chi connectivity index (χ4v) is 2.50. The van der Waals surface area contributed by atoms with Gasteiger partial charge in [0.25, 0.3) is 0 Å². The minimum Gasteiger partial charge on any atom is -0.389 e. The predicted molar refractivity (Wildman–Crippen MR) is 61.2 cm³/mol. The van der Waals surface area contributed by atoms with E-state index in [1.54, 1.807) is 6.08 Å². The Morgan fingerprint density at radius 3 is 2.50 bits per heavy atom. The normalized spacial score (nSPS) is 29.9. The van der Waals surface area contributed by atoms with E-state index in [1.165, 1.54) is 44.9 Å². The van der Waals surface area contributed by atoms with Gasteiger partial charge >= 0.3 is 0 Å². The van der Waals surface area contributed by atoms with Crippen molar-refractivity contribution in [2.75, 3.05) is 0 Å². The maximum atomic E-state index is 9.63. The van der Waals surface area contributed by atoms with Crippen LogP contribution in [-0.4, -0.2) is 11.2 Å². The first-order valence-corrected chi connectivity index (χ1v) is 6.08. The summed E-state index contributed by atoms with van der Waals surface area (Å²) in [6, 6.07) is 0. The van der Waals surface area contributed by atoms with Crippen LogP contribution in [0.25, 0.3) is 0 Å². The van der Waals surface area contributed by atoms with Gasteiger partial charge in [0.2, 0.25) is 0 Å². The molecule has 0 amide bonds. The van der Waals surface area contributed by atoms with Crippen LogP contribution in [0.4, 0.5) is 0 Å². The van der Waals surface area contributed by atoms with Gasteiger partial charge in [-0.05, 0) is 24.7 Å². The zero-order valence-corrected chi connectivity index (χ0v) is 9.41. The number of rotatable bonds is 5. The highest BCUT2D eigenvalue weighted by Crippen LogP contribution is 2.33. The van der Waals surface area contributed by atoms with Crippen LogP contribution >= 0.6 is 0 Å². The fourth-order valence-electron chi connectivity index (χ4n) is 2.50. The number of unbranched alkanes of at least 4 members (excludes halogenated alkanes) is 1. The molecule has 1 rings (SSSR count). The van der Waals surface area contributed by atoms with Crippen LogP contribution < -0.4 is 0 Å². The highest BCUT2D eigenvalue weighted by molar-refractivity contribution is 4.87. The van der Waals surface area contributed by atoms with Gasteiger partial charge in [-0.15, -0.1) is 6.58 Å². The van der Waals surface area contributed by atoms with Crippen molar-refractivity contribution in [1.29, 1.82) is 0 Å². The minimum atomic E-state index is -0.262. The number of aliphatic hydroxyl groups is 1. The molecule has 0 radical (unpaired) electrons. The first kappa shape index (κ1) is 11.8. The van der Waals surface area contributed by atoms with Gasteiger partial charge in [0.1, 0.15) is 0 Å². The van der Waals surface area contributed by atoms with Crippen molar-refractivity contribution < 1.29 is 5.11 Å². The summed E-state index contributed by atoms with van der Waals surface area (Å²) >= 11 is 0. The Hall–Kier alpha value is -0.300. The molecule has 0 saturated heterocycles. The Morgan fingerprint density at radius 2 is 2.00 bits per heavy atom. The van der Waals surface area contributed by atoms with Gasteiger partial charge in [0.05, 0.1) is 6.10 Å². The van der Waals surface area contributed by atoms with E-state index in [0.717, 1.165) is 5.92 Å². The summed E-state index contributed by atoms with van der Waals surface area (Å²) < 4.78 is 0. The number of hydrogen-bond donors (Lipinski definition) is 1. The highest BCUT2D eigenvalue weighted by Gasteiger charge is 2.24. The van der Waals surface area contributed by atoms with Gasteiger partial charge in [0.15, 0.2) is 0 Å². The zero-order valence-electron chi connectivity index (χ0n) is 9.41. The van der Waals surface area contributed by atoms with E-state index in [0.29, 0.717) is 5.92 Å². The molecule has 1 atom stereocenters. The largest absolute Gasteiger partial charge is 0.389 e. The molecule has 1 aliphatic rings. The molecule has 0 aromatic carbocycles. The summed E-state index contributed by atoms with van der Waals surface area (Å²) in [5.74, 6) is 1.42. The van der Waals surface area contributed by atoms with Crippen LogP contribution in [0.2, 0.25) is 0 Å². The Labute approximate surface area is 88.2 Å². The minimum absolute atomic E-state index is 0.262. The van der Waals surface area contributed by atoms with Gasteiger partial charge in [-0.3, -0.25) is 0 Å². The second kappa shape index (κ2) is 6.23. The Kier molecular flexibility index (Phi) is 5.24. The van der Waals surface area contributed by atoms with E-state index in [2.05, 4.69) is 13.5 Å². The van der Waals surface area contributed by atoms with Crippen molar-refractivity contribution in [3.63, 3.8) is 0 Å². The third kappa shape index (κ3) is 3.45. The number of hydrogen-bond acceptors (Lipinski definition) is 1. The molecule has 0 bridgehead atoms. The average Bonchev–Trinajstić information content (AvgIpc) is 2.26. The third-order valence-corrected chi connectivity index (χ3v) is 3.58. The molecule has 1 saturated carbocycles. The number of aliphatic hydroxyl groups excluding tert-OH is 1. The predicted octanol–water partition coefficient (Wildman–Crippen LogP) is 3.53. The van der Waals surface area contributed by atoms with Crippen LogP contribution in [0.15, 0.2) is 12.7 Å². The smallest absolute Gasteiger partial charge is 0.0746 e. The van der Waals surface area contributed by atoms with Gasteiger partial charge in [-0.1, -0.05) is 45.1 Å². The molecule has 1 unspecified atom stereocenters. The second-order valence-corrected chi connectivity index (χ2v) is 4.65. The van der Waals surface area contributed by atoms with Gasteiger partial charge in [0, 0.05) is 0 Å². The van der Waals surface area contributed by atoms with E-state index in [-0.39, 0.29) is 6.10 Å². The summed E-state index contributed by atoms with van der Waals surface area (Å²) in [6.07, 6.45) is 10.5. The average molecular weight is 196 g/mol. The molecule has 0 aromatic heterocycles. The van der Waals surface area contributed by atoms with E-state index in [9.17, 15) is 5.11 Å². The van der Waals surface area contributed by atoms with E-state index < -0.39 is 0 Å². The Morgan fingerprint density at radius 1 is 1.36 bits per heavy atom. The Balaban J connectivity index is 2.20. The maximum absolute atomic E-state index is 9.63. The molecule has 0 aliphatic heterocycles. The monoisotopic (exact) mass is 196 g/mol. The molecule has 0 spiro atoms. The molecule has 0 heterocycles. The molecule has 1 heteroatoms. The van der Waals surface area contributed by atoms with Gasteiger partial charge in [-0.25, -0.2) is 0 Å². The summed E-state index contributed by atoms with van der Waals surface area (Å²) in [7, 11) is 0. The van der Waals surface area contributed by atoms with Crippen LogP contribution in [-0.2, 0) is 0 Å². The highest BCUT2D eigenvalue weighted by atomic mass is 16.3. The molecule has 1 aliphatic carbocycles. The zero-order chi connectivity index (χ0) is 10.4. The van der Waals surface area contributed by atoms with E-state index >= 15 is 0 Å². The standard InChI is InChI=1S/C13H24O/c1-3-5-6-11-7-9-12(10-8-11)13(14)4-2/h4,11-14H,2-3,5-10H2,1H3. The van der Waals surface area contributed by atoms with Crippen molar-refractivity contribution in [3.05, 3.63) is 12.7 Å². The van der Waals surface area contributed by atoms with E-state index in [4.69, 9.17) is 0 Å². The molecule has 1 N–H and O–H groups in total. The molecule has 1 fully saturated rings. The lowest BCUT2D eigenvalue weighted by atomic mass is 9.77. The quantitative estimate of drug-likeness (QED) is 0.667. The van der Waals surface area contributed by atoms with Crippen molar-refractivity contribution in [2.45, 2.75) is 58.0 Å². The molecule has 1 nitrogen and oxygen atoms in total. The van der Waals surface area contributed by atoms with Crippen LogP contribution in [0, 0.1) is 11.8 Å². The molecule has 82 valence electrons. The van der Waals surface area contributed by atoms with Crippen molar-refractivity contribution in [2.24, 2.45) is 11.8 Å². The Bertz CT molecular complexity index is 157. The van der Waals surface area contributed by atoms with Gasteiger partial charge in [-0.2, -0.15) is 0 Å². The maximum Gasteiger partial charge on any atom is 0.0746 e. The van der Waals surface area contributed by atoms with Crippen molar-refractivity contribution in [3.8, 4) is 0 Å². The van der Waals surface area contributed by atoms with Crippen molar-refractivity contribution >= 4 is 0 Å². The van der Waals surface area contributed by atoms with Crippen LogP contribution in [0.3, 0.4) is 0 Å². The summed E-state index contributed by atoms with van der Waals surface area (Å²) in [5, 5.41) is 9.63. The lowest BCUT2D eigenvalue weighted by Crippen LogP contribution is -2.24. The van der Waals surface area contributed by atoms with E-state index in [1.807, 2.05) is 0 Å². The van der Waals surface area contributed by atoms with Crippen LogP contribution in [0.5, 0.6) is 0 Å². The summed E-state index contributed by atoms with van der Waals surface area (Å²) in [5.41, 5.74) is 0. The summed E-state index contributed by atoms with van der Waals surface area (Å²) in [6.45, 7) is 5.91. The lowest BCUT2D eigenvalue weighted by molar-refractivity contribution is 0.108. The topological polar surface area (TPSA) is 20.2 Å². The molecular formula is C13H24O.